The number of rotatable bonds is 1. The highest BCUT2D eigenvalue weighted by Gasteiger charge is 2.30. The Hall–Kier alpha value is 0.430. The van der Waals surface area contributed by atoms with Crippen LogP contribution in [0.4, 0.5) is 0 Å². The SMILES string of the molecule is C[P@]([C]1[CH][CH][CH][CH]1)C(C)(C)C. The highest BCUT2D eigenvalue weighted by Crippen LogP contribution is 2.58. The lowest BCUT2D eigenvalue weighted by molar-refractivity contribution is 0.786. The van der Waals surface area contributed by atoms with Crippen molar-refractivity contribution in [1.82, 2.24) is 0 Å². The minimum atomic E-state index is 0.0203. The van der Waals surface area contributed by atoms with Crippen molar-refractivity contribution in [3.05, 3.63) is 31.3 Å². The van der Waals surface area contributed by atoms with E-state index in [1.807, 2.05) is 0 Å². The summed E-state index contributed by atoms with van der Waals surface area (Å²) in [5, 5.41) is 0.448. The Morgan fingerprint density at radius 2 is 1.55 bits per heavy atom. The van der Waals surface area contributed by atoms with Gasteiger partial charge in [0.05, 0.1) is 0 Å². The summed E-state index contributed by atoms with van der Waals surface area (Å²) in [5.41, 5.74) is 1.52. The highest BCUT2D eigenvalue weighted by atomic mass is 31.1. The second kappa shape index (κ2) is 3.44. The molecule has 0 aromatic carbocycles. The molecule has 11 heavy (non-hydrogen) atoms. The van der Waals surface area contributed by atoms with Crippen molar-refractivity contribution < 1.29 is 0 Å². The molecule has 1 aliphatic rings. The molecule has 0 aromatic rings. The van der Waals surface area contributed by atoms with Crippen LogP contribution in [0.15, 0.2) is 0 Å². The summed E-state index contributed by atoms with van der Waals surface area (Å²) in [5.74, 6) is 0. The van der Waals surface area contributed by atoms with Crippen LogP contribution in [0.2, 0.25) is 0 Å². The molecule has 0 bridgehead atoms. The molecule has 5 radical (unpaired) electrons. The lowest BCUT2D eigenvalue weighted by Gasteiger charge is -2.32. The van der Waals surface area contributed by atoms with Crippen LogP contribution < -0.4 is 0 Å². The van der Waals surface area contributed by atoms with E-state index in [9.17, 15) is 0 Å². The predicted octanol–water partition coefficient (Wildman–Crippen LogP) is 3.26. The van der Waals surface area contributed by atoms with Gasteiger partial charge in [-0.2, -0.15) is 0 Å². The van der Waals surface area contributed by atoms with Gasteiger partial charge in [-0.3, -0.25) is 0 Å². The molecule has 0 saturated heterocycles. The molecular formula is C10H16P. The van der Waals surface area contributed by atoms with Crippen LogP contribution in [0, 0.1) is 31.3 Å². The third-order valence-electron chi connectivity index (χ3n) is 2.04. The lowest BCUT2D eigenvalue weighted by atomic mass is 10.3. The zero-order valence-corrected chi connectivity index (χ0v) is 8.65. The first-order chi connectivity index (χ1) is 5.02. The number of hydrogen-bond acceptors (Lipinski definition) is 0. The van der Waals surface area contributed by atoms with Crippen LogP contribution in [-0.4, -0.2) is 11.8 Å². The van der Waals surface area contributed by atoms with Crippen LogP contribution in [-0.2, 0) is 0 Å². The smallest absolute Gasteiger partial charge is 0.00775 e. The molecule has 0 amide bonds. The van der Waals surface area contributed by atoms with E-state index in [-0.39, 0.29) is 7.92 Å². The van der Waals surface area contributed by atoms with Gasteiger partial charge in [-0.05, 0) is 37.5 Å². The molecule has 0 unspecified atom stereocenters. The Labute approximate surface area is 72.5 Å². The molecule has 1 saturated carbocycles. The predicted molar refractivity (Wildman–Crippen MR) is 53.0 cm³/mol. The standard InChI is InChI=1S/C10H16P/c1-10(2,3)11(4)9-7-5-6-8-9/h5-8H,1-4H3/t11-/m1/s1. The van der Waals surface area contributed by atoms with Crippen LogP contribution in [0.1, 0.15) is 20.8 Å². The second-order valence-corrected chi connectivity index (χ2v) is 6.85. The van der Waals surface area contributed by atoms with Gasteiger partial charge in [0.15, 0.2) is 0 Å². The Morgan fingerprint density at radius 3 is 1.91 bits per heavy atom. The fourth-order valence-electron chi connectivity index (χ4n) is 0.975. The maximum absolute atomic E-state index is 2.35. The quantitative estimate of drug-likeness (QED) is 0.526. The summed E-state index contributed by atoms with van der Waals surface area (Å²) in [7, 11) is 0.0203. The maximum atomic E-state index is 2.35. The van der Waals surface area contributed by atoms with Crippen LogP contribution >= 0.6 is 7.92 Å². The molecule has 1 heteroatoms. The molecule has 1 aliphatic carbocycles. The topological polar surface area (TPSA) is 0 Å². The van der Waals surface area contributed by atoms with E-state index in [0.29, 0.717) is 5.16 Å². The third kappa shape index (κ3) is 2.44. The Balaban J connectivity index is 2.46. The molecule has 0 aliphatic heterocycles. The van der Waals surface area contributed by atoms with E-state index >= 15 is 0 Å². The molecular weight excluding hydrogens is 151 g/mol. The molecule has 0 aromatic heterocycles. The molecule has 1 rings (SSSR count). The van der Waals surface area contributed by atoms with Gasteiger partial charge in [-0.1, -0.05) is 28.7 Å². The van der Waals surface area contributed by atoms with Crippen molar-refractivity contribution >= 4 is 7.92 Å². The fourth-order valence-corrected chi connectivity index (χ4v) is 2.37. The van der Waals surface area contributed by atoms with E-state index in [1.54, 1.807) is 0 Å². The van der Waals surface area contributed by atoms with E-state index in [4.69, 9.17) is 0 Å². The summed E-state index contributed by atoms with van der Waals surface area (Å²) >= 11 is 0. The van der Waals surface area contributed by atoms with Gasteiger partial charge in [-0.25, -0.2) is 0 Å². The first kappa shape index (κ1) is 9.52. The Bertz CT molecular complexity index is 117. The molecule has 0 spiro atoms. The molecule has 1 atom stereocenters. The van der Waals surface area contributed by atoms with E-state index in [2.05, 4.69) is 53.1 Å². The Morgan fingerprint density at radius 1 is 1.09 bits per heavy atom. The van der Waals surface area contributed by atoms with Crippen molar-refractivity contribution in [3.63, 3.8) is 0 Å². The van der Waals surface area contributed by atoms with Gasteiger partial charge in [0, 0.05) is 5.66 Å². The first-order valence-corrected chi connectivity index (χ1v) is 5.76. The van der Waals surface area contributed by atoms with Gasteiger partial charge in [-0.15, -0.1) is 0 Å². The van der Waals surface area contributed by atoms with Gasteiger partial charge in [0.25, 0.3) is 0 Å². The van der Waals surface area contributed by atoms with Crippen molar-refractivity contribution in [1.29, 1.82) is 0 Å². The van der Waals surface area contributed by atoms with Crippen molar-refractivity contribution in [2.45, 2.75) is 25.9 Å². The third-order valence-corrected chi connectivity index (χ3v) is 5.12. The minimum Gasteiger partial charge on any atom is -0.0965 e. The largest absolute Gasteiger partial charge is 0.0965 e. The average Bonchev–Trinajstić information content (AvgIpc) is 2.34. The van der Waals surface area contributed by atoms with Crippen molar-refractivity contribution in [2.24, 2.45) is 0 Å². The number of hydrogen-bond donors (Lipinski definition) is 0. The van der Waals surface area contributed by atoms with E-state index in [1.165, 1.54) is 5.66 Å². The maximum Gasteiger partial charge on any atom is 0.00775 e. The monoisotopic (exact) mass is 167 g/mol. The summed E-state index contributed by atoms with van der Waals surface area (Å²) in [6.45, 7) is 9.29. The van der Waals surface area contributed by atoms with Crippen LogP contribution in [0.3, 0.4) is 0 Å². The normalized spacial score (nSPS) is 24.0. The van der Waals surface area contributed by atoms with Gasteiger partial charge in [0.2, 0.25) is 0 Å². The van der Waals surface area contributed by atoms with Crippen molar-refractivity contribution in [2.75, 3.05) is 6.66 Å². The Kier molecular flexibility index (Phi) is 2.97. The lowest BCUT2D eigenvalue weighted by Crippen LogP contribution is -2.13. The molecule has 0 N–H and O–H groups in total. The average molecular weight is 167 g/mol. The fraction of sp³-hybridized carbons (Fsp3) is 0.500. The van der Waals surface area contributed by atoms with E-state index in [0.717, 1.165) is 0 Å². The van der Waals surface area contributed by atoms with Gasteiger partial charge < -0.3 is 0 Å². The molecule has 61 valence electrons. The highest BCUT2D eigenvalue weighted by molar-refractivity contribution is 7.62. The van der Waals surface area contributed by atoms with E-state index < -0.39 is 0 Å². The molecule has 1 fully saturated rings. The summed E-state index contributed by atoms with van der Waals surface area (Å²) < 4.78 is 0. The van der Waals surface area contributed by atoms with Gasteiger partial charge >= 0.3 is 0 Å². The van der Waals surface area contributed by atoms with Crippen molar-refractivity contribution in [3.8, 4) is 0 Å². The zero-order chi connectivity index (χ0) is 8.48. The molecule has 0 heterocycles. The summed E-state index contributed by atoms with van der Waals surface area (Å²) in [6.07, 6.45) is 8.72. The zero-order valence-electron chi connectivity index (χ0n) is 7.76. The molecule has 0 nitrogen and oxygen atoms in total. The summed E-state index contributed by atoms with van der Waals surface area (Å²) in [4.78, 5) is 0. The van der Waals surface area contributed by atoms with Gasteiger partial charge in [0.1, 0.15) is 0 Å². The second-order valence-electron chi connectivity index (χ2n) is 3.87. The minimum absolute atomic E-state index is 0.0203. The first-order valence-electron chi connectivity index (χ1n) is 3.97. The summed E-state index contributed by atoms with van der Waals surface area (Å²) in [6, 6.07) is 0. The van der Waals surface area contributed by atoms with Crippen LogP contribution in [0.25, 0.3) is 0 Å². The van der Waals surface area contributed by atoms with Crippen LogP contribution in [0.5, 0.6) is 0 Å².